The Morgan fingerprint density at radius 2 is 1.88 bits per heavy atom. The van der Waals surface area contributed by atoms with Crippen LogP contribution in [0.15, 0.2) is 24.5 Å². The molecule has 9 heteroatoms. The molecule has 0 unspecified atom stereocenters. The van der Waals surface area contributed by atoms with Gasteiger partial charge in [-0.15, -0.1) is 10.2 Å². The fourth-order valence-electron chi connectivity index (χ4n) is 3.49. The SMILES string of the molecule is O=C1C(=O)N(C2CCCC2)CCN1Cc1ccc(-n2ccnn2)nn1. The minimum atomic E-state index is -0.444. The summed E-state index contributed by atoms with van der Waals surface area (Å²) in [4.78, 5) is 28.1. The van der Waals surface area contributed by atoms with Crippen molar-refractivity contribution in [3.63, 3.8) is 0 Å². The lowest BCUT2D eigenvalue weighted by Gasteiger charge is -2.36. The number of hydrogen-bond donors (Lipinski definition) is 0. The molecule has 0 radical (unpaired) electrons. The van der Waals surface area contributed by atoms with Gasteiger partial charge in [-0.1, -0.05) is 18.1 Å². The Morgan fingerprint density at radius 1 is 1.04 bits per heavy atom. The van der Waals surface area contributed by atoms with Crippen LogP contribution in [-0.4, -0.2) is 65.9 Å². The fourth-order valence-corrected chi connectivity index (χ4v) is 3.49. The summed E-state index contributed by atoms with van der Waals surface area (Å²) in [6, 6.07) is 3.78. The van der Waals surface area contributed by atoms with Gasteiger partial charge in [0.25, 0.3) is 0 Å². The molecule has 1 aliphatic carbocycles. The zero-order valence-electron chi connectivity index (χ0n) is 13.8. The molecule has 0 N–H and O–H groups in total. The molecule has 2 aliphatic rings. The Morgan fingerprint density at radius 3 is 2.56 bits per heavy atom. The summed E-state index contributed by atoms with van der Waals surface area (Å²) in [5.74, 6) is -0.277. The third-order valence-corrected chi connectivity index (χ3v) is 4.82. The molecule has 25 heavy (non-hydrogen) atoms. The molecule has 2 fully saturated rings. The van der Waals surface area contributed by atoms with Crippen molar-refractivity contribution in [2.45, 2.75) is 38.3 Å². The third-order valence-electron chi connectivity index (χ3n) is 4.82. The Kier molecular flexibility index (Phi) is 4.12. The lowest BCUT2D eigenvalue weighted by molar-refractivity contribution is -0.158. The van der Waals surface area contributed by atoms with Crippen LogP contribution >= 0.6 is 0 Å². The summed E-state index contributed by atoms with van der Waals surface area (Å²) in [5, 5.41) is 15.8. The summed E-state index contributed by atoms with van der Waals surface area (Å²) < 4.78 is 1.51. The van der Waals surface area contributed by atoms with Crippen LogP contribution in [0.4, 0.5) is 0 Å². The van der Waals surface area contributed by atoms with Crippen molar-refractivity contribution in [2.24, 2.45) is 0 Å². The Bertz CT molecular complexity index is 753. The first kappa shape index (κ1) is 15.7. The topological polar surface area (TPSA) is 97.1 Å². The predicted octanol–water partition coefficient (Wildman–Crippen LogP) is 0.171. The van der Waals surface area contributed by atoms with Gasteiger partial charge in [0.1, 0.15) is 0 Å². The summed E-state index contributed by atoms with van der Waals surface area (Å²) in [6.07, 6.45) is 7.53. The van der Waals surface area contributed by atoms with Crippen molar-refractivity contribution in [1.29, 1.82) is 0 Å². The van der Waals surface area contributed by atoms with Crippen molar-refractivity contribution < 1.29 is 9.59 Å². The van der Waals surface area contributed by atoms with E-state index in [2.05, 4.69) is 20.5 Å². The molecule has 1 saturated carbocycles. The molecule has 4 rings (SSSR count). The molecule has 2 amide bonds. The molecule has 0 spiro atoms. The Balaban J connectivity index is 1.41. The first-order chi connectivity index (χ1) is 12.2. The molecule has 1 saturated heterocycles. The lowest BCUT2D eigenvalue weighted by Crippen LogP contribution is -2.56. The molecule has 0 aromatic carbocycles. The first-order valence-corrected chi connectivity index (χ1v) is 8.51. The Hall–Kier alpha value is -2.84. The molecule has 130 valence electrons. The average Bonchev–Trinajstić information content (AvgIpc) is 3.33. The monoisotopic (exact) mass is 341 g/mol. The van der Waals surface area contributed by atoms with E-state index in [-0.39, 0.29) is 18.5 Å². The maximum Gasteiger partial charge on any atom is 0.312 e. The van der Waals surface area contributed by atoms with Crippen molar-refractivity contribution in [2.75, 3.05) is 13.1 Å². The zero-order valence-corrected chi connectivity index (χ0v) is 13.8. The molecule has 1 aliphatic heterocycles. The van der Waals surface area contributed by atoms with Gasteiger partial charge in [0, 0.05) is 19.1 Å². The third kappa shape index (κ3) is 3.09. The lowest BCUT2D eigenvalue weighted by atomic mass is 10.1. The number of amides is 2. The molecule has 2 aromatic rings. The number of rotatable bonds is 4. The number of carbonyl (C=O) groups is 2. The van der Waals surface area contributed by atoms with Crippen molar-refractivity contribution in [3.05, 3.63) is 30.2 Å². The van der Waals surface area contributed by atoms with Gasteiger partial charge in [-0.2, -0.15) is 5.10 Å². The highest BCUT2D eigenvalue weighted by atomic mass is 16.2. The normalized spacial score (nSPS) is 19.0. The number of hydrogen-bond acceptors (Lipinski definition) is 6. The van der Waals surface area contributed by atoms with E-state index < -0.39 is 5.91 Å². The van der Waals surface area contributed by atoms with Gasteiger partial charge in [-0.05, 0) is 25.0 Å². The van der Waals surface area contributed by atoms with E-state index in [4.69, 9.17) is 0 Å². The summed E-state index contributed by atoms with van der Waals surface area (Å²) in [6.45, 7) is 1.42. The highest BCUT2D eigenvalue weighted by molar-refractivity contribution is 6.35. The van der Waals surface area contributed by atoms with E-state index in [1.54, 1.807) is 34.3 Å². The minimum Gasteiger partial charge on any atom is -0.330 e. The maximum absolute atomic E-state index is 12.4. The van der Waals surface area contributed by atoms with E-state index in [0.717, 1.165) is 25.7 Å². The largest absolute Gasteiger partial charge is 0.330 e. The molecular weight excluding hydrogens is 322 g/mol. The van der Waals surface area contributed by atoms with Gasteiger partial charge in [-0.25, -0.2) is 4.68 Å². The van der Waals surface area contributed by atoms with Crippen molar-refractivity contribution in [1.82, 2.24) is 35.0 Å². The van der Waals surface area contributed by atoms with Gasteiger partial charge < -0.3 is 9.80 Å². The van der Waals surface area contributed by atoms with Gasteiger partial charge in [0.2, 0.25) is 0 Å². The van der Waals surface area contributed by atoms with Crippen molar-refractivity contribution >= 4 is 11.8 Å². The van der Waals surface area contributed by atoms with E-state index in [9.17, 15) is 9.59 Å². The minimum absolute atomic E-state index is 0.236. The van der Waals surface area contributed by atoms with Crippen LogP contribution < -0.4 is 0 Å². The Labute approximate surface area is 144 Å². The second-order valence-corrected chi connectivity index (χ2v) is 6.39. The molecule has 0 atom stereocenters. The van der Waals surface area contributed by atoms with Crippen LogP contribution in [0.2, 0.25) is 0 Å². The summed E-state index contributed by atoms with van der Waals surface area (Å²) >= 11 is 0. The van der Waals surface area contributed by atoms with Crippen LogP contribution in [0, 0.1) is 0 Å². The van der Waals surface area contributed by atoms with E-state index >= 15 is 0 Å². The van der Waals surface area contributed by atoms with Crippen LogP contribution in [0.5, 0.6) is 0 Å². The average molecular weight is 341 g/mol. The van der Waals surface area contributed by atoms with Gasteiger partial charge in [0.05, 0.1) is 24.6 Å². The second kappa shape index (κ2) is 6.58. The molecule has 9 nitrogen and oxygen atoms in total. The zero-order chi connectivity index (χ0) is 17.2. The molecule has 0 bridgehead atoms. The maximum atomic E-state index is 12.4. The highest BCUT2D eigenvalue weighted by Gasteiger charge is 2.37. The first-order valence-electron chi connectivity index (χ1n) is 8.51. The smallest absolute Gasteiger partial charge is 0.312 e. The molecule has 3 heterocycles. The van der Waals surface area contributed by atoms with E-state index in [1.165, 1.54) is 4.68 Å². The quantitative estimate of drug-likeness (QED) is 0.736. The van der Waals surface area contributed by atoms with Gasteiger partial charge in [-0.3, -0.25) is 9.59 Å². The summed E-state index contributed by atoms with van der Waals surface area (Å²) in [5.41, 5.74) is 0.638. The molecule has 2 aromatic heterocycles. The van der Waals surface area contributed by atoms with Crippen LogP contribution in [-0.2, 0) is 16.1 Å². The van der Waals surface area contributed by atoms with Crippen molar-refractivity contribution in [3.8, 4) is 5.82 Å². The summed E-state index contributed by atoms with van der Waals surface area (Å²) in [7, 11) is 0. The number of carbonyl (C=O) groups excluding carboxylic acids is 2. The van der Waals surface area contributed by atoms with Crippen LogP contribution in [0.1, 0.15) is 31.4 Å². The number of piperazine rings is 1. The standard InChI is InChI=1S/C16H19N7O2/c24-15-16(25)22(13-3-1-2-4-13)10-9-21(15)11-12-5-6-14(19-18-12)23-8-7-17-20-23/h5-8,13H,1-4,9-11H2. The van der Waals surface area contributed by atoms with Gasteiger partial charge >= 0.3 is 11.8 Å². The van der Waals surface area contributed by atoms with E-state index in [1.807, 2.05) is 0 Å². The van der Waals surface area contributed by atoms with E-state index in [0.29, 0.717) is 24.6 Å². The van der Waals surface area contributed by atoms with Crippen LogP contribution in [0.3, 0.4) is 0 Å². The predicted molar refractivity (Wildman–Crippen MR) is 86.3 cm³/mol. The van der Waals surface area contributed by atoms with Crippen LogP contribution in [0.25, 0.3) is 5.82 Å². The second-order valence-electron chi connectivity index (χ2n) is 6.39. The number of aromatic nitrogens is 5. The van der Waals surface area contributed by atoms with Gasteiger partial charge in [0.15, 0.2) is 5.82 Å². The highest BCUT2D eigenvalue weighted by Crippen LogP contribution is 2.25. The molecular formula is C16H19N7O2. The fraction of sp³-hybridized carbons (Fsp3) is 0.500. The number of nitrogens with zero attached hydrogens (tertiary/aromatic N) is 7.